The summed E-state index contributed by atoms with van der Waals surface area (Å²) in [5, 5.41) is 3.98. The molecule has 2 amide bonds. The third-order valence-corrected chi connectivity index (χ3v) is 6.47. The van der Waals surface area contributed by atoms with Crippen LogP contribution in [-0.4, -0.2) is 52.7 Å². The van der Waals surface area contributed by atoms with E-state index >= 15 is 0 Å². The van der Waals surface area contributed by atoms with Crippen LogP contribution in [0.5, 0.6) is 11.5 Å². The van der Waals surface area contributed by atoms with E-state index in [1.165, 1.54) is 23.8 Å². The number of rotatable bonds is 10. The molecule has 8 nitrogen and oxygen atoms in total. The first-order valence-electron chi connectivity index (χ1n) is 11.2. The van der Waals surface area contributed by atoms with Crippen molar-refractivity contribution < 1.29 is 19.1 Å². The van der Waals surface area contributed by atoms with Gasteiger partial charge in [-0.15, -0.1) is 0 Å². The number of hydrogen-bond donors (Lipinski definition) is 1. The number of nitrogens with one attached hydrogen (secondary N) is 1. The van der Waals surface area contributed by atoms with Crippen LogP contribution in [0, 0.1) is 13.8 Å². The Morgan fingerprint density at radius 1 is 1.03 bits per heavy atom. The fraction of sp³-hybridized carbons (Fsp3) is 0.308. The molecule has 1 atom stereocenters. The summed E-state index contributed by atoms with van der Waals surface area (Å²) in [7, 11) is 3.06. The molecular weight excluding hydrogens is 500 g/mol. The van der Waals surface area contributed by atoms with Gasteiger partial charge < -0.3 is 19.7 Å². The summed E-state index contributed by atoms with van der Waals surface area (Å²) >= 11 is 7.27. The number of anilines is 1. The smallest absolute Gasteiger partial charge is 0.247 e. The summed E-state index contributed by atoms with van der Waals surface area (Å²) in [6, 6.07) is 13.4. The van der Waals surface area contributed by atoms with Crippen LogP contribution in [0.15, 0.2) is 53.7 Å². The highest BCUT2D eigenvalue weighted by atomic mass is 35.5. The van der Waals surface area contributed by atoms with E-state index in [1.807, 2.05) is 32.0 Å². The fourth-order valence-electron chi connectivity index (χ4n) is 3.48. The Morgan fingerprint density at radius 2 is 1.69 bits per heavy atom. The molecule has 0 aliphatic rings. The van der Waals surface area contributed by atoms with Gasteiger partial charge in [0.05, 0.1) is 25.7 Å². The monoisotopic (exact) mass is 528 g/mol. The molecule has 0 saturated carbocycles. The SMILES string of the molecule is COc1ccc(NC(=O)C(C)N(Cc2ccc(Cl)cc2)C(=O)CSc2nc(C)cc(C)n2)c(OC)c1. The van der Waals surface area contributed by atoms with Crippen LogP contribution in [0.4, 0.5) is 5.69 Å². The third kappa shape index (κ3) is 7.35. The van der Waals surface area contributed by atoms with E-state index in [2.05, 4.69) is 15.3 Å². The Balaban J connectivity index is 1.80. The maximum atomic E-state index is 13.4. The zero-order chi connectivity index (χ0) is 26.2. The normalized spacial score (nSPS) is 11.5. The van der Waals surface area contributed by atoms with Crippen molar-refractivity contribution >= 4 is 40.9 Å². The van der Waals surface area contributed by atoms with Crippen LogP contribution in [0.3, 0.4) is 0 Å². The first kappa shape index (κ1) is 27.3. The second-order valence-corrected chi connectivity index (χ2v) is 9.48. The molecule has 3 aromatic rings. The van der Waals surface area contributed by atoms with E-state index in [4.69, 9.17) is 21.1 Å². The summed E-state index contributed by atoms with van der Waals surface area (Å²) in [5.41, 5.74) is 2.99. The third-order valence-electron chi connectivity index (χ3n) is 5.39. The van der Waals surface area contributed by atoms with Gasteiger partial charge in [0, 0.05) is 29.0 Å². The molecule has 190 valence electrons. The number of carbonyl (C=O) groups excluding carboxylic acids is 2. The predicted octanol–water partition coefficient (Wildman–Crippen LogP) is 4.91. The van der Waals surface area contributed by atoms with Crippen molar-refractivity contribution in [2.24, 2.45) is 0 Å². The lowest BCUT2D eigenvalue weighted by atomic mass is 10.1. The minimum atomic E-state index is -0.777. The molecule has 1 heterocycles. The van der Waals surface area contributed by atoms with E-state index in [9.17, 15) is 9.59 Å². The number of methoxy groups -OCH3 is 2. The van der Waals surface area contributed by atoms with Crippen LogP contribution in [0.25, 0.3) is 0 Å². The molecule has 1 unspecified atom stereocenters. The number of nitrogens with zero attached hydrogens (tertiary/aromatic N) is 3. The zero-order valence-corrected chi connectivity index (χ0v) is 22.4. The Labute approximate surface area is 220 Å². The highest BCUT2D eigenvalue weighted by Gasteiger charge is 2.27. The van der Waals surface area contributed by atoms with Crippen molar-refractivity contribution in [3.05, 3.63) is 70.5 Å². The Kier molecular flexibility index (Phi) is 9.55. The molecule has 0 saturated heterocycles. The first-order valence-corrected chi connectivity index (χ1v) is 12.6. The molecule has 0 aliphatic heterocycles. The first-order chi connectivity index (χ1) is 17.2. The van der Waals surface area contributed by atoms with E-state index in [1.54, 1.807) is 44.4 Å². The second-order valence-electron chi connectivity index (χ2n) is 8.10. The maximum Gasteiger partial charge on any atom is 0.247 e. The van der Waals surface area contributed by atoms with Gasteiger partial charge in [-0.25, -0.2) is 9.97 Å². The molecule has 2 aromatic carbocycles. The average Bonchev–Trinajstić information content (AvgIpc) is 2.86. The molecule has 3 rings (SSSR count). The number of amides is 2. The largest absolute Gasteiger partial charge is 0.497 e. The molecule has 0 aliphatic carbocycles. The number of hydrogen-bond acceptors (Lipinski definition) is 7. The predicted molar refractivity (Wildman–Crippen MR) is 142 cm³/mol. The molecule has 1 N–H and O–H groups in total. The van der Waals surface area contributed by atoms with E-state index in [0.29, 0.717) is 27.4 Å². The second kappa shape index (κ2) is 12.6. The van der Waals surface area contributed by atoms with Gasteiger partial charge in [-0.1, -0.05) is 35.5 Å². The number of carbonyl (C=O) groups is 2. The molecule has 0 bridgehead atoms. The lowest BCUT2D eigenvalue weighted by Crippen LogP contribution is -2.46. The molecular formula is C26H29ClN4O4S. The number of benzene rings is 2. The van der Waals surface area contributed by atoms with Gasteiger partial charge >= 0.3 is 0 Å². The minimum Gasteiger partial charge on any atom is -0.497 e. The number of ether oxygens (including phenoxy) is 2. The van der Waals surface area contributed by atoms with E-state index in [0.717, 1.165) is 17.0 Å². The van der Waals surface area contributed by atoms with Crippen LogP contribution in [0.2, 0.25) is 5.02 Å². The highest BCUT2D eigenvalue weighted by Crippen LogP contribution is 2.29. The van der Waals surface area contributed by atoms with Crippen LogP contribution in [0.1, 0.15) is 23.9 Å². The number of halogens is 1. The highest BCUT2D eigenvalue weighted by molar-refractivity contribution is 7.99. The molecule has 0 radical (unpaired) electrons. The molecule has 1 aromatic heterocycles. The minimum absolute atomic E-state index is 0.0833. The van der Waals surface area contributed by atoms with Crippen LogP contribution >= 0.6 is 23.4 Å². The Morgan fingerprint density at radius 3 is 2.31 bits per heavy atom. The Hall–Kier alpha value is -3.30. The quantitative estimate of drug-likeness (QED) is 0.295. The van der Waals surface area contributed by atoms with Gasteiger partial charge in [-0.05, 0) is 56.7 Å². The van der Waals surface area contributed by atoms with Gasteiger partial charge in [-0.2, -0.15) is 0 Å². The van der Waals surface area contributed by atoms with Crippen LogP contribution in [-0.2, 0) is 16.1 Å². The standard InChI is InChI=1S/C26H29ClN4O4S/c1-16-12-17(2)29-26(28-16)36-15-24(32)31(14-19-6-8-20(27)9-7-19)18(3)25(33)30-22-11-10-21(34-4)13-23(22)35-5/h6-13,18H,14-15H2,1-5H3,(H,30,33). The van der Waals surface area contributed by atoms with Crippen molar-refractivity contribution in [1.29, 1.82) is 0 Å². The Bertz CT molecular complexity index is 1200. The van der Waals surface area contributed by atoms with Crippen molar-refractivity contribution in [1.82, 2.24) is 14.9 Å². The summed E-state index contributed by atoms with van der Waals surface area (Å²) in [6.45, 7) is 5.69. The lowest BCUT2D eigenvalue weighted by molar-refractivity contribution is -0.136. The molecule has 0 spiro atoms. The lowest BCUT2D eigenvalue weighted by Gasteiger charge is -2.29. The van der Waals surface area contributed by atoms with E-state index in [-0.39, 0.29) is 24.1 Å². The van der Waals surface area contributed by atoms with Gasteiger partial charge in [-0.3, -0.25) is 9.59 Å². The van der Waals surface area contributed by atoms with Gasteiger partial charge in [0.15, 0.2) is 5.16 Å². The summed E-state index contributed by atoms with van der Waals surface area (Å²) in [6.07, 6.45) is 0. The van der Waals surface area contributed by atoms with E-state index < -0.39 is 6.04 Å². The number of thioether (sulfide) groups is 1. The summed E-state index contributed by atoms with van der Waals surface area (Å²) in [4.78, 5) is 36.9. The molecule has 0 fully saturated rings. The van der Waals surface area contributed by atoms with Crippen molar-refractivity contribution in [2.75, 3.05) is 25.3 Å². The average molecular weight is 529 g/mol. The molecule has 36 heavy (non-hydrogen) atoms. The van der Waals surface area contributed by atoms with Gasteiger partial charge in [0.25, 0.3) is 0 Å². The van der Waals surface area contributed by atoms with Crippen molar-refractivity contribution in [3.8, 4) is 11.5 Å². The fourth-order valence-corrected chi connectivity index (χ4v) is 4.44. The van der Waals surface area contributed by atoms with Crippen molar-refractivity contribution in [2.45, 2.75) is 38.5 Å². The van der Waals surface area contributed by atoms with Crippen LogP contribution < -0.4 is 14.8 Å². The number of aromatic nitrogens is 2. The number of aryl methyl sites for hydroxylation is 2. The van der Waals surface area contributed by atoms with Gasteiger partial charge in [0.1, 0.15) is 17.5 Å². The topological polar surface area (TPSA) is 93.7 Å². The maximum absolute atomic E-state index is 13.4. The zero-order valence-electron chi connectivity index (χ0n) is 20.9. The summed E-state index contributed by atoms with van der Waals surface area (Å²) in [5.74, 6) is 0.562. The van der Waals surface area contributed by atoms with Crippen molar-refractivity contribution in [3.63, 3.8) is 0 Å². The summed E-state index contributed by atoms with van der Waals surface area (Å²) < 4.78 is 10.6. The van der Waals surface area contributed by atoms with Gasteiger partial charge in [0.2, 0.25) is 11.8 Å². The molecule has 10 heteroatoms.